The van der Waals surface area contributed by atoms with E-state index in [1.807, 2.05) is 25.7 Å². The van der Waals surface area contributed by atoms with Crippen molar-refractivity contribution in [3.8, 4) is 0 Å². The molecule has 1 aliphatic heterocycles. The van der Waals surface area contributed by atoms with E-state index in [4.69, 9.17) is 4.74 Å². The molecule has 1 heterocycles. The number of rotatable bonds is 3. The lowest BCUT2D eigenvalue weighted by Gasteiger charge is -2.33. The fourth-order valence-corrected chi connectivity index (χ4v) is 3.90. The average Bonchev–Trinajstić information content (AvgIpc) is 2.60. The third-order valence-corrected chi connectivity index (χ3v) is 5.61. The summed E-state index contributed by atoms with van der Waals surface area (Å²) in [6, 6.07) is 13.2. The van der Waals surface area contributed by atoms with Crippen LogP contribution in [0.4, 0.5) is 4.79 Å². The summed E-state index contributed by atoms with van der Waals surface area (Å²) >= 11 is 3.75. The Labute approximate surface area is 164 Å². The molecule has 0 unspecified atom stereocenters. The van der Waals surface area contributed by atoms with Gasteiger partial charge in [-0.05, 0) is 65.9 Å². The van der Waals surface area contributed by atoms with Gasteiger partial charge in [-0.1, -0.05) is 36.4 Å². The summed E-state index contributed by atoms with van der Waals surface area (Å²) in [7, 11) is 0. The van der Waals surface area contributed by atoms with Crippen molar-refractivity contribution >= 4 is 32.8 Å². The molecule has 0 atom stereocenters. The highest BCUT2D eigenvalue weighted by Gasteiger charge is 2.26. The first kappa shape index (κ1) is 19.2. The number of amides is 1. The summed E-state index contributed by atoms with van der Waals surface area (Å²) in [5.41, 5.74) is 0.826. The van der Waals surface area contributed by atoms with Gasteiger partial charge in [-0.25, -0.2) is 4.79 Å². The monoisotopic (exact) mass is 418 g/mol. The minimum atomic E-state index is -0.436. The number of hydrogen-bond donors (Lipinski definition) is 1. The number of benzene rings is 2. The highest BCUT2D eigenvalue weighted by Crippen LogP contribution is 2.28. The van der Waals surface area contributed by atoms with Crippen LogP contribution in [0, 0.1) is 0 Å². The number of nitrogens with one attached hydrogen (secondary N) is 1. The van der Waals surface area contributed by atoms with Crippen LogP contribution in [0.25, 0.3) is 10.8 Å². The van der Waals surface area contributed by atoms with Gasteiger partial charge in [-0.3, -0.25) is 0 Å². The van der Waals surface area contributed by atoms with Gasteiger partial charge in [0.25, 0.3) is 0 Å². The topological polar surface area (TPSA) is 41.6 Å². The van der Waals surface area contributed by atoms with E-state index < -0.39 is 5.60 Å². The number of halogens is 1. The molecule has 1 saturated heterocycles. The van der Waals surface area contributed by atoms with Crippen molar-refractivity contribution in [2.24, 2.45) is 0 Å². The Kier molecular flexibility index (Phi) is 5.88. The third kappa shape index (κ3) is 4.77. The Morgan fingerprint density at radius 2 is 1.88 bits per heavy atom. The van der Waals surface area contributed by atoms with E-state index in [9.17, 15) is 4.79 Å². The van der Waals surface area contributed by atoms with Crippen molar-refractivity contribution in [2.75, 3.05) is 13.1 Å². The minimum Gasteiger partial charge on any atom is -0.444 e. The summed E-state index contributed by atoms with van der Waals surface area (Å²) in [4.78, 5) is 14.0. The molecule has 0 radical (unpaired) electrons. The number of hydrogen-bond acceptors (Lipinski definition) is 3. The fraction of sp³-hybridized carbons (Fsp3) is 0.476. The lowest BCUT2D eigenvalue weighted by atomic mass is 10.0. The molecule has 5 heteroatoms. The number of carbonyl (C=O) groups excluding carboxylic acids is 1. The van der Waals surface area contributed by atoms with E-state index in [-0.39, 0.29) is 6.09 Å². The van der Waals surface area contributed by atoms with Crippen molar-refractivity contribution < 1.29 is 9.53 Å². The maximum absolute atomic E-state index is 12.1. The van der Waals surface area contributed by atoms with E-state index in [1.165, 1.54) is 16.3 Å². The second-order valence-electron chi connectivity index (χ2n) is 7.88. The van der Waals surface area contributed by atoms with Crippen molar-refractivity contribution in [2.45, 2.75) is 51.8 Å². The van der Waals surface area contributed by atoms with Gasteiger partial charge in [0.2, 0.25) is 0 Å². The van der Waals surface area contributed by atoms with Crippen LogP contribution in [0.1, 0.15) is 39.2 Å². The number of likely N-dealkylation sites (tertiary alicyclic amines) is 1. The maximum atomic E-state index is 12.1. The van der Waals surface area contributed by atoms with Crippen molar-refractivity contribution in [1.29, 1.82) is 0 Å². The molecule has 2 aromatic carbocycles. The number of fused-ring (bicyclic) bond motifs is 1. The Bertz CT molecular complexity index is 777. The standard InChI is InChI=1S/C21H27BrN2O2/c1-21(2,3)26-20(25)24-12-10-17(11-13-24)23-14-16-9-8-15-6-4-5-7-18(15)19(16)22/h4-9,17,23H,10-14H2,1-3H3. The van der Waals surface area contributed by atoms with Gasteiger partial charge in [0, 0.05) is 30.1 Å². The minimum absolute atomic E-state index is 0.201. The molecule has 140 valence electrons. The fourth-order valence-electron chi connectivity index (χ4n) is 3.26. The molecular weight excluding hydrogens is 392 g/mol. The van der Waals surface area contributed by atoms with E-state index in [2.05, 4.69) is 57.6 Å². The SMILES string of the molecule is CC(C)(C)OC(=O)N1CCC(NCc2ccc3ccccc3c2Br)CC1. The summed E-state index contributed by atoms with van der Waals surface area (Å²) in [6.45, 7) is 8.02. The highest BCUT2D eigenvalue weighted by molar-refractivity contribution is 9.10. The van der Waals surface area contributed by atoms with Gasteiger partial charge in [0.1, 0.15) is 5.60 Å². The first-order valence-electron chi connectivity index (χ1n) is 9.21. The van der Waals surface area contributed by atoms with Gasteiger partial charge in [-0.2, -0.15) is 0 Å². The molecule has 0 spiro atoms. The Hall–Kier alpha value is -1.59. The average molecular weight is 419 g/mol. The molecule has 2 aromatic rings. The van der Waals surface area contributed by atoms with Crippen LogP contribution in [-0.4, -0.2) is 35.7 Å². The largest absolute Gasteiger partial charge is 0.444 e. The zero-order chi connectivity index (χ0) is 18.7. The number of nitrogens with zero attached hydrogens (tertiary/aromatic N) is 1. The van der Waals surface area contributed by atoms with Gasteiger partial charge >= 0.3 is 6.09 Å². The van der Waals surface area contributed by atoms with Crippen LogP contribution in [-0.2, 0) is 11.3 Å². The third-order valence-electron chi connectivity index (χ3n) is 4.67. The number of piperidine rings is 1. The van der Waals surface area contributed by atoms with Crippen LogP contribution in [0.5, 0.6) is 0 Å². The zero-order valence-corrected chi connectivity index (χ0v) is 17.3. The smallest absolute Gasteiger partial charge is 0.410 e. The van der Waals surface area contributed by atoms with Crippen LogP contribution in [0.2, 0.25) is 0 Å². The van der Waals surface area contributed by atoms with Crippen molar-refractivity contribution in [3.63, 3.8) is 0 Å². The highest BCUT2D eigenvalue weighted by atomic mass is 79.9. The molecule has 1 aliphatic rings. The number of carbonyl (C=O) groups is 1. The molecular formula is C21H27BrN2O2. The predicted molar refractivity (Wildman–Crippen MR) is 109 cm³/mol. The van der Waals surface area contributed by atoms with E-state index >= 15 is 0 Å². The number of ether oxygens (including phenoxy) is 1. The lowest BCUT2D eigenvalue weighted by molar-refractivity contribution is 0.0198. The van der Waals surface area contributed by atoms with E-state index in [1.54, 1.807) is 0 Å². The first-order chi connectivity index (χ1) is 12.3. The molecule has 0 saturated carbocycles. The van der Waals surface area contributed by atoms with Gasteiger partial charge in [0.15, 0.2) is 0 Å². The Morgan fingerprint density at radius 3 is 2.58 bits per heavy atom. The molecule has 4 nitrogen and oxygen atoms in total. The van der Waals surface area contributed by atoms with Crippen molar-refractivity contribution in [1.82, 2.24) is 10.2 Å². The normalized spacial score (nSPS) is 16.1. The van der Waals surface area contributed by atoms with Crippen LogP contribution in [0.3, 0.4) is 0 Å². The molecule has 1 fully saturated rings. The zero-order valence-electron chi connectivity index (χ0n) is 15.7. The predicted octanol–water partition coefficient (Wildman–Crippen LogP) is 5.09. The molecule has 26 heavy (non-hydrogen) atoms. The Balaban J connectivity index is 1.53. The molecule has 3 rings (SSSR count). The quantitative estimate of drug-likeness (QED) is 0.754. The molecule has 1 amide bonds. The summed E-state index contributed by atoms with van der Waals surface area (Å²) < 4.78 is 6.62. The van der Waals surface area contributed by atoms with Crippen LogP contribution in [0.15, 0.2) is 40.9 Å². The van der Waals surface area contributed by atoms with Crippen LogP contribution < -0.4 is 5.32 Å². The molecule has 1 N–H and O–H groups in total. The van der Waals surface area contributed by atoms with E-state index in [0.717, 1.165) is 36.9 Å². The first-order valence-corrected chi connectivity index (χ1v) is 10.0. The second-order valence-corrected chi connectivity index (χ2v) is 8.68. The summed E-state index contributed by atoms with van der Waals surface area (Å²) in [5.74, 6) is 0. The second kappa shape index (κ2) is 7.97. The van der Waals surface area contributed by atoms with Gasteiger partial charge < -0.3 is 15.0 Å². The summed E-state index contributed by atoms with van der Waals surface area (Å²) in [5, 5.41) is 6.13. The molecule has 0 aromatic heterocycles. The van der Waals surface area contributed by atoms with Gasteiger partial charge in [0.05, 0.1) is 0 Å². The molecule has 0 bridgehead atoms. The summed E-state index contributed by atoms with van der Waals surface area (Å²) in [6.07, 6.45) is 1.70. The Morgan fingerprint density at radius 1 is 1.19 bits per heavy atom. The van der Waals surface area contributed by atoms with Crippen LogP contribution >= 0.6 is 15.9 Å². The maximum Gasteiger partial charge on any atom is 0.410 e. The van der Waals surface area contributed by atoms with E-state index in [0.29, 0.717) is 6.04 Å². The van der Waals surface area contributed by atoms with Gasteiger partial charge in [-0.15, -0.1) is 0 Å². The molecule has 0 aliphatic carbocycles. The van der Waals surface area contributed by atoms with Crippen molar-refractivity contribution in [3.05, 3.63) is 46.4 Å². The lowest BCUT2D eigenvalue weighted by Crippen LogP contribution is -2.46.